The average Bonchev–Trinajstić information content (AvgIpc) is 2.41. The summed E-state index contributed by atoms with van der Waals surface area (Å²) in [5.74, 6) is -14.5. The minimum atomic E-state index is -5.30. The van der Waals surface area contributed by atoms with Crippen LogP contribution < -0.4 is 4.72 Å². The molecule has 11 heteroatoms. The quantitative estimate of drug-likeness (QED) is 0.462. The van der Waals surface area contributed by atoms with Gasteiger partial charge in [-0.2, -0.15) is 4.72 Å². The van der Waals surface area contributed by atoms with Gasteiger partial charge in [-0.05, 0) is 12.3 Å². The minimum Gasteiger partial charge on any atom is -0.480 e. The van der Waals surface area contributed by atoms with Crippen LogP contribution in [0.5, 0.6) is 0 Å². The van der Waals surface area contributed by atoms with Crippen molar-refractivity contribution in [1.82, 2.24) is 4.72 Å². The molecule has 0 bridgehead atoms. The molecule has 1 aromatic rings. The maximum absolute atomic E-state index is 13.5. The highest BCUT2D eigenvalue weighted by Gasteiger charge is 2.36. The van der Waals surface area contributed by atoms with Crippen LogP contribution in [0.1, 0.15) is 20.3 Å². The molecule has 0 aromatic heterocycles. The minimum absolute atomic E-state index is 0.260. The molecule has 1 atom stereocenters. The Bertz CT molecular complexity index is 706. The molecule has 1 aromatic carbocycles. The summed E-state index contributed by atoms with van der Waals surface area (Å²) < 4.78 is 91.3. The summed E-state index contributed by atoms with van der Waals surface area (Å²) in [6.07, 6.45) is -0.260. The van der Waals surface area contributed by atoms with Crippen LogP contribution in [0.4, 0.5) is 22.0 Å². The van der Waals surface area contributed by atoms with Gasteiger partial charge in [0.05, 0.1) is 0 Å². The number of halogens is 5. The molecular formula is C12H12F5NO4S. The van der Waals surface area contributed by atoms with E-state index >= 15 is 0 Å². The number of nitrogens with one attached hydrogen (secondary N) is 1. The highest BCUT2D eigenvalue weighted by atomic mass is 32.2. The van der Waals surface area contributed by atoms with Crippen molar-refractivity contribution in [2.24, 2.45) is 5.92 Å². The van der Waals surface area contributed by atoms with E-state index in [1.807, 2.05) is 0 Å². The summed E-state index contributed by atoms with van der Waals surface area (Å²) in [7, 11) is -5.30. The molecule has 0 aliphatic heterocycles. The summed E-state index contributed by atoms with van der Waals surface area (Å²) in [6.45, 7) is 3.09. The first-order valence-corrected chi connectivity index (χ1v) is 7.65. The second-order valence-electron chi connectivity index (χ2n) is 5.04. The molecule has 1 unspecified atom stereocenters. The van der Waals surface area contributed by atoms with E-state index in [0.717, 1.165) is 0 Å². The van der Waals surface area contributed by atoms with Crippen LogP contribution in [-0.4, -0.2) is 25.5 Å². The molecule has 0 spiro atoms. The highest BCUT2D eigenvalue weighted by Crippen LogP contribution is 2.27. The number of hydrogen-bond acceptors (Lipinski definition) is 3. The summed E-state index contributed by atoms with van der Waals surface area (Å²) in [6, 6.07) is -1.80. The fourth-order valence-corrected chi connectivity index (χ4v) is 3.08. The molecule has 2 N–H and O–H groups in total. The van der Waals surface area contributed by atoms with Crippen LogP contribution in [0.2, 0.25) is 0 Å². The van der Waals surface area contributed by atoms with Crippen LogP contribution in [0, 0.1) is 35.0 Å². The molecule has 0 aliphatic carbocycles. The number of carbonyl (C=O) groups is 1. The average molecular weight is 361 g/mol. The number of aliphatic carboxylic acids is 1. The topological polar surface area (TPSA) is 83.5 Å². The smallest absolute Gasteiger partial charge is 0.321 e. The number of benzene rings is 1. The second-order valence-corrected chi connectivity index (χ2v) is 6.69. The third-order valence-electron chi connectivity index (χ3n) is 2.74. The van der Waals surface area contributed by atoms with Gasteiger partial charge in [0.15, 0.2) is 28.2 Å². The number of carboxylic acids is 1. The van der Waals surface area contributed by atoms with Crippen molar-refractivity contribution in [2.45, 2.75) is 31.2 Å². The predicted octanol–water partition coefficient (Wildman–Crippen LogP) is 2.16. The van der Waals surface area contributed by atoms with Gasteiger partial charge in [-0.3, -0.25) is 4.79 Å². The molecule has 130 valence electrons. The molecule has 0 amide bonds. The van der Waals surface area contributed by atoms with E-state index in [2.05, 4.69) is 0 Å². The first-order valence-electron chi connectivity index (χ1n) is 6.16. The monoisotopic (exact) mass is 361 g/mol. The lowest BCUT2D eigenvalue weighted by atomic mass is 10.1. The van der Waals surface area contributed by atoms with Gasteiger partial charge in [0.1, 0.15) is 6.04 Å². The standard InChI is InChI=1S/C12H12F5NO4S/c1-4(2)3-5(12(19)20)18-23(21,22)11-9(16)7(14)6(13)8(15)10(11)17/h4-5,18H,3H2,1-2H3,(H,19,20). The number of carboxylic acid groups (broad SMARTS) is 1. The largest absolute Gasteiger partial charge is 0.480 e. The third kappa shape index (κ3) is 3.96. The Morgan fingerprint density at radius 2 is 1.39 bits per heavy atom. The van der Waals surface area contributed by atoms with Gasteiger partial charge in [-0.25, -0.2) is 30.4 Å². The SMILES string of the molecule is CC(C)CC(NS(=O)(=O)c1c(F)c(F)c(F)c(F)c1F)C(=O)O. The maximum Gasteiger partial charge on any atom is 0.321 e. The molecule has 1 rings (SSSR count). The van der Waals surface area contributed by atoms with Crippen molar-refractivity contribution < 1.29 is 40.3 Å². The zero-order chi connectivity index (χ0) is 18.1. The fraction of sp³-hybridized carbons (Fsp3) is 0.417. The van der Waals surface area contributed by atoms with E-state index in [0.29, 0.717) is 0 Å². The normalized spacial score (nSPS) is 13.4. The molecule has 0 heterocycles. The molecule has 0 saturated heterocycles. The Hall–Kier alpha value is -1.75. The Morgan fingerprint density at radius 1 is 1.00 bits per heavy atom. The second kappa shape index (κ2) is 6.79. The molecule has 0 fully saturated rings. The summed E-state index contributed by atoms with van der Waals surface area (Å²) in [4.78, 5) is 8.86. The van der Waals surface area contributed by atoms with Crippen LogP contribution in [0.15, 0.2) is 4.90 Å². The first-order chi connectivity index (χ1) is 10.4. The summed E-state index contributed by atoms with van der Waals surface area (Å²) >= 11 is 0. The van der Waals surface area contributed by atoms with Crippen molar-refractivity contribution in [3.05, 3.63) is 29.1 Å². The Morgan fingerprint density at radius 3 is 1.74 bits per heavy atom. The highest BCUT2D eigenvalue weighted by molar-refractivity contribution is 7.89. The van der Waals surface area contributed by atoms with Gasteiger partial charge >= 0.3 is 5.97 Å². The third-order valence-corrected chi connectivity index (χ3v) is 4.23. The van der Waals surface area contributed by atoms with Gasteiger partial charge in [-0.1, -0.05) is 13.8 Å². The predicted molar refractivity (Wildman–Crippen MR) is 67.4 cm³/mol. The number of hydrogen-bond donors (Lipinski definition) is 2. The summed E-state index contributed by atoms with van der Waals surface area (Å²) in [5.41, 5.74) is 0. The van der Waals surface area contributed by atoms with Crippen molar-refractivity contribution in [1.29, 1.82) is 0 Å². The zero-order valence-electron chi connectivity index (χ0n) is 11.8. The van der Waals surface area contributed by atoms with Gasteiger partial charge in [-0.15, -0.1) is 0 Å². The fourth-order valence-electron chi connectivity index (χ4n) is 1.74. The van der Waals surface area contributed by atoms with Gasteiger partial charge in [0, 0.05) is 0 Å². The maximum atomic E-state index is 13.5. The number of rotatable bonds is 6. The van der Waals surface area contributed by atoms with Crippen molar-refractivity contribution in [2.75, 3.05) is 0 Å². The van der Waals surface area contributed by atoms with E-state index in [4.69, 9.17) is 5.11 Å². The molecule has 5 nitrogen and oxygen atoms in total. The molecular weight excluding hydrogens is 349 g/mol. The van der Waals surface area contributed by atoms with Crippen LogP contribution in [-0.2, 0) is 14.8 Å². The number of sulfonamides is 1. The van der Waals surface area contributed by atoms with Crippen molar-refractivity contribution >= 4 is 16.0 Å². The lowest BCUT2D eigenvalue weighted by molar-refractivity contribution is -0.139. The summed E-state index contributed by atoms with van der Waals surface area (Å²) in [5, 5.41) is 8.90. The van der Waals surface area contributed by atoms with Gasteiger partial charge in [0.25, 0.3) is 0 Å². The van der Waals surface area contributed by atoms with E-state index < -0.39 is 56.0 Å². The van der Waals surface area contributed by atoms with E-state index in [-0.39, 0.29) is 12.3 Å². The molecule has 0 aliphatic rings. The van der Waals surface area contributed by atoms with Crippen LogP contribution >= 0.6 is 0 Å². The van der Waals surface area contributed by atoms with Crippen molar-refractivity contribution in [3.63, 3.8) is 0 Å². The zero-order valence-corrected chi connectivity index (χ0v) is 12.6. The van der Waals surface area contributed by atoms with E-state index in [1.54, 1.807) is 13.8 Å². The lowest BCUT2D eigenvalue weighted by Gasteiger charge is -2.17. The lowest BCUT2D eigenvalue weighted by Crippen LogP contribution is -2.42. The van der Waals surface area contributed by atoms with Gasteiger partial charge in [0.2, 0.25) is 15.8 Å². The Balaban J connectivity index is 3.42. The van der Waals surface area contributed by atoms with Crippen LogP contribution in [0.25, 0.3) is 0 Å². The first kappa shape index (κ1) is 19.3. The Labute approximate surface area is 128 Å². The van der Waals surface area contributed by atoms with E-state index in [1.165, 1.54) is 4.72 Å². The molecule has 0 saturated carbocycles. The van der Waals surface area contributed by atoms with E-state index in [9.17, 15) is 35.2 Å². The Kier molecular flexibility index (Phi) is 5.69. The van der Waals surface area contributed by atoms with Gasteiger partial charge < -0.3 is 5.11 Å². The van der Waals surface area contributed by atoms with Crippen molar-refractivity contribution in [3.8, 4) is 0 Å². The molecule has 0 radical (unpaired) electrons. The molecule has 23 heavy (non-hydrogen) atoms. The van der Waals surface area contributed by atoms with Crippen LogP contribution in [0.3, 0.4) is 0 Å².